The van der Waals surface area contributed by atoms with E-state index in [9.17, 15) is 18.4 Å². The van der Waals surface area contributed by atoms with E-state index in [2.05, 4.69) is 25.5 Å². The molecule has 1 aromatic heterocycles. The summed E-state index contributed by atoms with van der Waals surface area (Å²) in [6, 6.07) is 3.56. The van der Waals surface area contributed by atoms with Gasteiger partial charge in [0.25, 0.3) is 5.91 Å². The third-order valence-electron chi connectivity index (χ3n) is 7.93. The van der Waals surface area contributed by atoms with Gasteiger partial charge in [-0.25, -0.2) is 18.7 Å². The molecule has 0 aliphatic carbocycles. The highest BCUT2D eigenvalue weighted by molar-refractivity contribution is 6.06. The van der Waals surface area contributed by atoms with Crippen molar-refractivity contribution in [3.05, 3.63) is 42.0 Å². The summed E-state index contributed by atoms with van der Waals surface area (Å²) >= 11 is 0. The van der Waals surface area contributed by atoms with Crippen LogP contribution in [0.5, 0.6) is 5.75 Å². The lowest BCUT2D eigenvalue weighted by atomic mass is 9.94. The van der Waals surface area contributed by atoms with Gasteiger partial charge in [0.05, 0.1) is 30.6 Å². The Morgan fingerprint density at radius 1 is 1.13 bits per heavy atom. The minimum Gasteiger partial charge on any atom is -0.490 e. The standard InChI is InChI=1S/C29H39F2N5O3/c1-3-29(31,4-2)19-36-13-10-20(11-14-36)18-39-22-16-33-26(34-17-22)23-9-8-21(15-24(23)30)27(37)35-28(38)25-7-5-6-12-32-25/h8-9,15-17,20,25,32H,3-7,10-14,18-19H2,1-2H3,(H,35,37,38)/t25-/m1/s1. The van der Waals surface area contributed by atoms with Gasteiger partial charge >= 0.3 is 0 Å². The lowest BCUT2D eigenvalue weighted by Gasteiger charge is -2.36. The number of piperidine rings is 2. The number of benzene rings is 1. The van der Waals surface area contributed by atoms with Crippen molar-refractivity contribution in [3.8, 4) is 17.1 Å². The summed E-state index contributed by atoms with van der Waals surface area (Å²) in [5.74, 6) is -0.669. The number of rotatable bonds is 10. The van der Waals surface area contributed by atoms with E-state index in [0.29, 0.717) is 44.1 Å². The largest absolute Gasteiger partial charge is 0.490 e. The van der Waals surface area contributed by atoms with Crippen LogP contribution in [-0.4, -0.2) is 71.2 Å². The number of carbonyl (C=O) groups excluding carboxylic acids is 2. The van der Waals surface area contributed by atoms with Crippen LogP contribution in [-0.2, 0) is 4.79 Å². The molecular weight excluding hydrogens is 504 g/mol. The summed E-state index contributed by atoms with van der Waals surface area (Å²) in [5, 5.41) is 5.43. The highest BCUT2D eigenvalue weighted by Crippen LogP contribution is 2.26. The molecule has 2 aliphatic heterocycles. The van der Waals surface area contributed by atoms with E-state index in [4.69, 9.17) is 4.74 Å². The second kappa shape index (κ2) is 13.4. The summed E-state index contributed by atoms with van der Waals surface area (Å²) < 4.78 is 35.4. The van der Waals surface area contributed by atoms with E-state index in [-0.39, 0.29) is 17.0 Å². The number of alkyl halides is 1. The average molecular weight is 544 g/mol. The van der Waals surface area contributed by atoms with Crippen molar-refractivity contribution >= 4 is 11.8 Å². The quantitative estimate of drug-likeness (QED) is 0.432. The van der Waals surface area contributed by atoms with Gasteiger partial charge in [-0.15, -0.1) is 0 Å². The number of carbonyl (C=O) groups is 2. The number of likely N-dealkylation sites (tertiary alicyclic amines) is 1. The maximum Gasteiger partial charge on any atom is 0.257 e. The predicted octanol–water partition coefficient (Wildman–Crippen LogP) is 4.30. The van der Waals surface area contributed by atoms with Gasteiger partial charge in [0.2, 0.25) is 5.91 Å². The maximum atomic E-state index is 14.8. The Hall–Kier alpha value is -2.98. The lowest BCUT2D eigenvalue weighted by molar-refractivity contribution is -0.122. The number of nitrogens with zero attached hydrogens (tertiary/aromatic N) is 3. The molecule has 2 amide bonds. The Morgan fingerprint density at radius 2 is 1.85 bits per heavy atom. The zero-order chi connectivity index (χ0) is 27.8. The van der Waals surface area contributed by atoms with Crippen LogP contribution < -0.4 is 15.4 Å². The van der Waals surface area contributed by atoms with Gasteiger partial charge < -0.3 is 15.0 Å². The Kier molecular flexibility index (Phi) is 9.96. The van der Waals surface area contributed by atoms with E-state index in [1.54, 1.807) is 0 Å². The van der Waals surface area contributed by atoms with Crippen molar-refractivity contribution in [2.45, 2.75) is 70.5 Å². The van der Waals surface area contributed by atoms with Crippen LogP contribution in [0, 0.1) is 11.7 Å². The molecule has 8 nitrogen and oxygen atoms in total. The van der Waals surface area contributed by atoms with Gasteiger partial charge in [-0.1, -0.05) is 20.3 Å². The van der Waals surface area contributed by atoms with Crippen molar-refractivity contribution in [1.29, 1.82) is 0 Å². The summed E-state index contributed by atoms with van der Waals surface area (Å²) in [5.41, 5.74) is -0.915. The van der Waals surface area contributed by atoms with Crippen molar-refractivity contribution in [3.63, 3.8) is 0 Å². The smallest absolute Gasteiger partial charge is 0.257 e. The van der Waals surface area contributed by atoms with Crippen molar-refractivity contribution in [2.75, 3.05) is 32.8 Å². The second-order valence-corrected chi connectivity index (χ2v) is 10.6. The normalized spacial score (nSPS) is 19.0. The first-order valence-corrected chi connectivity index (χ1v) is 14.0. The van der Waals surface area contributed by atoms with Crippen LogP contribution in [0.3, 0.4) is 0 Å². The molecule has 2 aromatic rings. The molecule has 1 aromatic carbocycles. The highest BCUT2D eigenvalue weighted by Gasteiger charge is 2.30. The van der Waals surface area contributed by atoms with E-state index in [1.165, 1.54) is 24.5 Å². The minimum absolute atomic E-state index is 0.0491. The first-order chi connectivity index (χ1) is 18.8. The number of hydrogen-bond donors (Lipinski definition) is 2. The molecule has 2 aliphatic rings. The monoisotopic (exact) mass is 543 g/mol. The van der Waals surface area contributed by atoms with Gasteiger partial charge in [0, 0.05) is 12.1 Å². The SMILES string of the molecule is CCC(F)(CC)CN1CCC(COc2cnc(-c3ccc(C(=O)NC(=O)[C@H]4CCCCN4)cc3F)nc2)CC1. The minimum atomic E-state index is -1.11. The van der Waals surface area contributed by atoms with Gasteiger partial charge in [-0.05, 0) is 82.3 Å². The zero-order valence-electron chi connectivity index (χ0n) is 22.8. The molecular formula is C29H39F2N5O3. The van der Waals surface area contributed by atoms with E-state index < -0.39 is 29.3 Å². The van der Waals surface area contributed by atoms with Gasteiger partial charge in [-0.2, -0.15) is 0 Å². The Bertz CT molecular complexity index is 1110. The first-order valence-electron chi connectivity index (χ1n) is 14.0. The summed E-state index contributed by atoms with van der Waals surface area (Å²) in [6.45, 7) is 7.26. The maximum absolute atomic E-state index is 14.8. The Labute approximate surface area is 228 Å². The van der Waals surface area contributed by atoms with E-state index in [1.807, 2.05) is 13.8 Å². The molecule has 39 heavy (non-hydrogen) atoms. The number of hydrogen-bond acceptors (Lipinski definition) is 7. The molecule has 212 valence electrons. The molecule has 2 saturated heterocycles. The Balaban J connectivity index is 1.26. The molecule has 2 fully saturated rings. The molecule has 10 heteroatoms. The average Bonchev–Trinajstić information content (AvgIpc) is 2.97. The molecule has 0 radical (unpaired) electrons. The second-order valence-electron chi connectivity index (χ2n) is 10.6. The molecule has 0 bridgehead atoms. The number of nitrogens with one attached hydrogen (secondary N) is 2. The van der Waals surface area contributed by atoms with Crippen LogP contribution in [0.15, 0.2) is 30.6 Å². The molecule has 3 heterocycles. The summed E-state index contributed by atoms with van der Waals surface area (Å²) in [6.07, 6.45) is 8.55. The van der Waals surface area contributed by atoms with Crippen molar-refractivity contribution < 1.29 is 23.1 Å². The highest BCUT2D eigenvalue weighted by atomic mass is 19.1. The third kappa shape index (κ3) is 7.79. The molecule has 0 spiro atoms. The molecule has 0 saturated carbocycles. The van der Waals surface area contributed by atoms with Crippen molar-refractivity contribution in [1.82, 2.24) is 25.5 Å². The summed E-state index contributed by atoms with van der Waals surface area (Å²) in [4.78, 5) is 35.4. The fourth-order valence-corrected chi connectivity index (χ4v) is 5.11. The van der Waals surface area contributed by atoms with Crippen molar-refractivity contribution in [2.24, 2.45) is 5.92 Å². The number of ether oxygens (including phenoxy) is 1. The zero-order valence-corrected chi connectivity index (χ0v) is 22.8. The molecule has 0 unspecified atom stereocenters. The van der Waals surface area contributed by atoms with Gasteiger partial charge in [0.15, 0.2) is 11.6 Å². The van der Waals surface area contributed by atoms with Crippen LogP contribution >= 0.6 is 0 Å². The van der Waals surface area contributed by atoms with Gasteiger partial charge in [-0.3, -0.25) is 14.9 Å². The number of imide groups is 1. The van der Waals surface area contributed by atoms with Crippen LogP contribution in [0.25, 0.3) is 11.4 Å². The van der Waals surface area contributed by atoms with Crippen LogP contribution in [0.1, 0.15) is 69.2 Å². The fourth-order valence-electron chi connectivity index (χ4n) is 5.11. The van der Waals surface area contributed by atoms with Crippen LogP contribution in [0.2, 0.25) is 0 Å². The molecule has 2 N–H and O–H groups in total. The third-order valence-corrected chi connectivity index (χ3v) is 7.93. The Morgan fingerprint density at radius 3 is 2.46 bits per heavy atom. The number of aromatic nitrogens is 2. The van der Waals surface area contributed by atoms with E-state index in [0.717, 1.165) is 51.4 Å². The summed E-state index contributed by atoms with van der Waals surface area (Å²) in [7, 11) is 0. The lowest BCUT2D eigenvalue weighted by Crippen LogP contribution is -2.48. The van der Waals surface area contributed by atoms with E-state index >= 15 is 0 Å². The van der Waals surface area contributed by atoms with Gasteiger partial charge in [0.1, 0.15) is 11.5 Å². The number of halogens is 2. The predicted molar refractivity (Wildman–Crippen MR) is 145 cm³/mol. The fraction of sp³-hybridized carbons (Fsp3) is 0.586. The molecule has 1 atom stereocenters. The van der Waals surface area contributed by atoms with Crippen LogP contribution in [0.4, 0.5) is 8.78 Å². The molecule has 4 rings (SSSR count). The topological polar surface area (TPSA) is 96.5 Å². The first kappa shape index (κ1) is 29.0. The number of amides is 2.